The molecule has 0 radical (unpaired) electrons. The van der Waals surface area contributed by atoms with Gasteiger partial charge in [-0.15, -0.1) is 10.2 Å². The smallest absolute Gasteiger partial charge is 0.234 e. The van der Waals surface area contributed by atoms with Crippen LogP contribution >= 0.6 is 11.8 Å². The summed E-state index contributed by atoms with van der Waals surface area (Å²) in [7, 11) is 1.64. The van der Waals surface area contributed by atoms with Crippen molar-refractivity contribution in [3.63, 3.8) is 0 Å². The molecule has 146 valence electrons. The number of aryl methyl sites for hydroxylation is 2. The second kappa shape index (κ2) is 8.93. The first-order chi connectivity index (χ1) is 13.5. The van der Waals surface area contributed by atoms with Crippen molar-refractivity contribution >= 4 is 23.4 Å². The molecule has 1 N–H and O–H groups in total. The summed E-state index contributed by atoms with van der Waals surface area (Å²) in [5, 5.41) is 12.3. The minimum absolute atomic E-state index is 0.0661. The SMILES string of the molecule is CCn1c(SCC(=O)Nc2cc(C)cc(C)c2)nnc1-c1cccc(OC)c1. The average Bonchev–Trinajstić information content (AvgIpc) is 3.08. The summed E-state index contributed by atoms with van der Waals surface area (Å²) in [5.41, 5.74) is 3.99. The predicted octanol–water partition coefficient (Wildman–Crippen LogP) is 4.32. The Morgan fingerprint density at radius 3 is 2.57 bits per heavy atom. The Bertz CT molecular complexity index is 964. The van der Waals surface area contributed by atoms with Crippen LogP contribution in [0.1, 0.15) is 18.1 Å². The van der Waals surface area contributed by atoms with Crippen LogP contribution in [0.15, 0.2) is 47.6 Å². The molecule has 3 rings (SSSR count). The number of amides is 1. The predicted molar refractivity (Wildman–Crippen MR) is 113 cm³/mol. The van der Waals surface area contributed by atoms with E-state index in [9.17, 15) is 4.79 Å². The first kappa shape index (κ1) is 19.9. The van der Waals surface area contributed by atoms with Crippen molar-refractivity contribution in [1.82, 2.24) is 14.8 Å². The molecule has 6 nitrogen and oxygen atoms in total. The van der Waals surface area contributed by atoms with Gasteiger partial charge in [-0.25, -0.2) is 0 Å². The maximum Gasteiger partial charge on any atom is 0.234 e. The van der Waals surface area contributed by atoms with E-state index in [4.69, 9.17) is 4.74 Å². The van der Waals surface area contributed by atoms with E-state index in [1.165, 1.54) is 11.8 Å². The molecule has 1 aromatic heterocycles. The zero-order chi connectivity index (χ0) is 20.1. The maximum absolute atomic E-state index is 12.4. The first-order valence-electron chi connectivity index (χ1n) is 9.08. The number of anilines is 1. The van der Waals surface area contributed by atoms with Gasteiger partial charge in [-0.05, 0) is 56.2 Å². The summed E-state index contributed by atoms with van der Waals surface area (Å²) < 4.78 is 7.30. The van der Waals surface area contributed by atoms with Crippen molar-refractivity contribution in [2.45, 2.75) is 32.5 Å². The van der Waals surface area contributed by atoms with Gasteiger partial charge >= 0.3 is 0 Å². The van der Waals surface area contributed by atoms with E-state index in [0.717, 1.165) is 39.1 Å². The zero-order valence-corrected chi connectivity index (χ0v) is 17.3. The molecule has 0 aliphatic carbocycles. The molecular formula is C21H24N4O2S. The van der Waals surface area contributed by atoms with E-state index in [-0.39, 0.29) is 11.7 Å². The van der Waals surface area contributed by atoms with Gasteiger partial charge in [0.1, 0.15) is 5.75 Å². The van der Waals surface area contributed by atoms with Crippen molar-refractivity contribution in [2.24, 2.45) is 0 Å². The topological polar surface area (TPSA) is 69.0 Å². The molecule has 0 aliphatic heterocycles. The Hall–Kier alpha value is -2.80. The largest absolute Gasteiger partial charge is 0.497 e. The van der Waals surface area contributed by atoms with Gasteiger partial charge in [-0.2, -0.15) is 0 Å². The minimum Gasteiger partial charge on any atom is -0.497 e. The molecule has 0 fully saturated rings. The number of carbonyl (C=O) groups excluding carboxylic acids is 1. The van der Waals surface area contributed by atoms with E-state index < -0.39 is 0 Å². The summed E-state index contributed by atoms with van der Waals surface area (Å²) in [6.45, 7) is 6.77. The lowest BCUT2D eigenvalue weighted by Crippen LogP contribution is -2.15. The van der Waals surface area contributed by atoms with Crippen LogP contribution in [0.2, 0.25) is 0 Å². The normalized spacial score (nSPS) is 10.7. The van der Waals surface area contributed by atoms with Crippen LogP contribution in [0.5, 0.6) is 5.75 Å². The molecule has 0 spiro atoms. The van der Waals surface area contributed by atoms with Crippen molar-refractivity contribution in [3.05, 3.63) is 53.6 Å². The van der Waals surface area contributed by atoms with Crippen LogP contribution < -0.4 is 10.1 Å². The summed E-state index contributed by atoms with van der Waals surface area (Å²) in [4.78, 5) is 12.4. The van der Waals surface area contributed by atoms with Gasteiger partial charge in [0.2, 0.25) is 5.91 Å². The molecule has 0 bridgehead atoms. The van der Waals surface area contributed by atoms with E-state index in [2.05, 4.69) is 21.6 Å². The van der Waals surface area contributed by atoms with Crippen molar-refractivity contribution in [2.75, 3.05) is 18.2 Å². The van der Waals surface area contributed by atoms with Gasteiger partial charge in [0, 0.05) is 17.8 Å². The highest BCUT2D eigenvalue weighted by atomic mass is 32.2. The number of carbonyl (C=O) groups is 1. The molecule has 1 amide bonds. The molecule has 0 saturated carbocycles. The first-order valence-corrected chi connectivity index (χ1v) is 10.1. The quantitative estimate of drug-likeness (QED) is 0.602. The number of benzene rings is 2. The van der Waals surface area contributed by atoms with E-state index >= 15 is 0 Å². The van der Waals surface area contributed by atoms with Gasteiger partial charge in [-0.3, -0.25) is 4.79 Å². The van der Waals surface area contributed by atoms with Crippen LogP contribution in [0.4, 0.5) is 5.69 Å². The standard InChI is InChI=1S/C21H24N4O2S/c1-5-25-20(16-7-6-8-18(12-16)27-4)23-24-21(25)28-13-19(26)22-17-10-14(2)9-15(3)11-17/h6-12H,5,13H2,1-4H3,(H,22,26). The number of hydrogen-bond donors (Lipinski definition) is 1. The third kappa shape index (κ3) is 4.72. The van der Waals surface area contributed by atoms with E-state index in [1.807, 2.05) is 61.7 Å². The maximum atomic E-state index is 12.4. The number of methoxy groups -OCH3 is 1. The molecule has 7 heteroatoms. The molecule has 1 heterocycles. The highest BCUT2D eigenvalue weighted by molar-refractivity contribution is 7.99. The molecule has 3 aromatic rings. The second-order valence-electron chi connectivity index (χ2n) is 6.50. The lowest BCUT2D eigenvalue weighted by molar-refractivity contribution is -0.113. The summed E-state index contributed by atoms with van der Waals surface area (Å²) in [5.74, 6) is 1.73. The van der Waals surface area contributed by atoms with E-state index in [0.29, 0.717) is 6.54 Å². The molecule has 0 unspecified atom stereocenters. The fraction of sp³-hybridized carbons (Fsp3) is 0.286. The molecular weight excluding hydrogens is 372 g/mol. The molecule has 28 heavy (non-hydrogen) atoms. The van der Waals surface area contributed by atoms with Crippen LogP contribution in [0, 0.1) is 13.8 Å². The lowest BCUT2D eigenvalue weighted by atomic mass is 10.1. The molecule has 0 atom stereocenters. The van der Waals surface area contributed by atoms with Crippen LogP contribution in [-0.2, 0) is 11.3 Å². The fourth-order valence-corrected chi connectivity index (χ4v) is 3.83. The van der Waals surface area contributed by atoms with Crippen molar-refractivity contribution in [1.29, 1.82) is 0 Å². The Labute approximate surface area is 169 Å². The molecule has 0 aliphatic rings. The third-order valence-electron chi connectivity index (χ3n) is 4.20. The number of ether oxygens (including phenoxy) is 1. The highest BCUT2D eigenvalue weighted by Crippen LogP contribution is 2.26. The van der Waals surface area contributed by atoms with E-state index in [1.54, 1.807) is 7.11 Å². The fourth-order valence-electron chi connectivity index (χ4n) is 3.03. The van der Waals surface area contributed by atoms with Crippen molar-refractivity contribution < 1.29 is 9.53 Å². The molecule has 2 aromatic carbocycles. The van der Waals surface area contributed by atoms with Gasteiger partial charge in [0.25, 0.3) is 0 Å². The Morgan fingerprint density at radius 1 is 1.14 bits per heavy atom. The monoisotopic (exact) mass is 396 g/mol. The number of thioether (sulfide) groups is 1. The summed E-state index contributed by atoms with van der Waals surface area (Å²) in [6.07, 6.45) is 0. The number of aromatic nitrogens is 3. The van der Waals surface area contributed by atoms with Crippen molar-refractivity contribution in [3.8, 4) is 17.1 Å². The van der Waals surface area contributed by atoms with Crippen LogP contribution in [-0.4, -0.2) is 33.5 Å². The number of nitrogens with one attached hydrogen (secondary N) is 1. The number of rotatable bonds is 7. The van der Waals surface area contributed by atoms with Crippen LogP contribution in [0.25, 0.3) is 11.4 Å². The van der Waals surface area contributed by atoms with Gasteiger partial charge < -0.3 is 14.6 Å². The summed E-state index contributed by atoms with van der Waals surface area (Å²) >= 11 is 1.38. The lowest BCUT2D eigenvalue weighted by Gasteiger charge is -2.09. The minimum atomic E-state index is -0.0661. The number of nitrogens with zero attached hydrogens (tertiary/aromatic N) is 3. The Balaban J connectivity index is 1.70. The van der Waals surface area contributed by atoms with Crippen LogP contribution in [0.3, 0.4) is 0 Å². The second-order valence-corrected chi connectivity index (χ2v) is 7.44. The third-order valence-corrected chi connectivity index (χ3v) is 5.17. The van der Waals surface area contributed by atoms with Gasteiger partial charge in [0.05, 0.1) is 12.9 Å². The van der Waals surface area contributed by atoms with Gasteiger partial charge in [-0.1, -0.05) is 30.0 Å². The number of hydrogen-bond acceptors (Lipinski definition) is 5. The summed E-state index contributed by atoms with van der Waals surface area (Å²) in [6, 6.07) is 13.7. The van der Waals surface area contributed by atoms with Gasteiger partial charge in [0.15, 0.2) is 11.0 Å². The Kier molecular flexibility index (Phi) is 6.36. The Morgan fingerprint density at radius 2 is 1.89 bits per heavy atom. The zero-order valence-electron chi connectivity index (χ0n) is 16.5. The highest BCUT2D eigenvalue weighted by Gasteiger charge is 2.15. The molecule has 0 saturated heterocycles. The average molecular weight is 397 g/mol.